The highest BCUT2D eigenvalue weighted by Gasteiger charge is 2.34. The number of nitrogens with two attached hydrogens (primary N) is 1. The van der Waals surface area contributed by atoms with E-state index in [0.717, 1.165) is 11.0 Å². The standard InChI is InChI=1S/C50H76N10O18/c1-59(24-39-56-31-9-5-6-10-32(31)57-39)49(76)27-11-13-30-28(19-27)23-60(50(77)34(55-30)20-42(69)78-2)18-8-4-3-7-17-52-48(75)33(14-16-41(68)54-22-36(64)44(71)46(73)38(66)26-62)58-47(74)29(51)12-15-40(67)53-21-35(63)43(70)45(72)37(65)25-61/h5-6,9-11,13,19,29,33-38,43-46,55,61-66,70-73H,3-4,7-8,12,14-18,20-26,51H2,1-2H3,(H,52,75)(H,53,67)(H,54,68)(H,56,57)(H,58,74)/t29-,33-,34-,35+,36-,37-,38+,43-,44+,45-,46+/m0/s1. The van der Waals surface area contributed by atoms with Crippen molar-refractivity contribution in [3.05, 3.63) is 59.4 Å². The first kappa shape index (κ1) is 64.1. The topological polar surface area (TPSA) is 452 Å². The van der Waals surface area contributed by atoms with Crippen molar-refractivity contribution in [2.45, 2.75) is 138 Å². The van der Waals surface area contributed by atoms with Gasteiger partial charge in [-0.2, -0.15) is 0 Å². The second-order valence-corrected chi connectivity index (χ2v) is 19.1. The number of aromatic nitrogens is 2. The van der Waals surface area contributed by atoms with Gasteiger partial charge in [-0.1, -0.05) is 25.0 Å². The maximum atomic E-state index is 13.9. The van der Waals surface area contributed by atoms with Crippen LogP contribution in [0.4, 0.5) is 5.69 Å². The Morgan fingerprint density at radius 2 is 1.37 bits per heavy atom. The van der Waals surface area contributed by atoms with E-state index in [0.29, 0.717) is 48.3 Å². The average molecular weight is 1110 g/mol. The summed E-state index contributed by atoms with van der Waals surface area (Å²) in [6, 6.07) is 8.87. The van der Waals surface area contributed by atoms with Crippen LogP contribution in [0.3, 0.4) is 0 Å². The van der Waals surface area contributed by atoms with Crippen molar-refractivity contribution < 1.29 is 89.4 Å². The van der Waals surface area contributed by atoms with Gasteiger partial charge in [0.25, 0.3) is 5.91 Å². The molecule has 28 nitrogen and oxygen atoms in total. The smallest absolute Gasteiger partial charge is 0.308 e. The largest absolute Gasteiger partial charge is 0.469 e. The molecule has 0 radical (unpaired) electrons. The minimum absolute atomic E-state index is 0.106. The van der Waals surface area contributed by atoms with Crippen LogP contribution in [0.15, 0.2) is 42.5 Å². The fourth-order valence-corrected chi connectivity index (χ4v) is 8.26. The van der Waals surface area contributed by atoms with Crippen LogP contribution < -0.4 is 32.3 Å². The molecule has 0 saturated heterocycles. The number of hydrogen-bond donors (Lipinski definition) is 17. The molecule has 11 atom stereocenters. The first-order chi connectivity index (χ1) is 37.1. The minimum Gasteiger partial charge on any atom is -0.469 e. The fraction of sp³-hybridized carbons (Fsp3) is 0.600. The number of imidazole rings is 1. The van der Waals surface area contributed by atoms with Gasteiger partial charge in [0.15, 0.2) is 0 Å². The number of rotatable bonds is 33. The van der Waals surface area contributed by atoms with Crippen molar-refractivity contribution in [2.24, 2.45) is 5.73 Å². The molecule has 4 rings (SSSR count). The van der Waals surface area contributed by atoms with E-state index in [9.17, 15) is 74.4 Å². The number of benzene rings is 2. The molecule has 1 aromatic heterocycles. The molecule has 434 valence electrons. The number of aliphatic hydroxyl groups excluding tert-OH is 10. The number of carbonyl (C=O) groups excluding carboxylic acids is 7. The average Bonchev–Trinajstić information content (AvgIpc) is 3.83. The number of H-pyrrole nitrogens is 1. The zero-order valence-electron chi connectivity index (χ0n) is 43.6. The van der Waals surface area contributed by atoms with Gasteiger partial charge in [-0.3, -0.25) is 33.6 Å². The number of amides is 6. The minimum atomic E-state index is -1.96. The molecule has 1 aliphatic heterocycles. The Labute approximate surface area is 449 Å². The zero-order valence-corrected chi connectivity index (χ0v) is 43.6. The van der Waals surface area contributed by atoms with Crippen molar-refractivity contribution in [3.63, 3.8) is 0 Å². The van der Waals surface area contributed by atoms with Crippen LogP contribution in [0.2, 0.25) is 0 Å². The first-order valence-electron chi connectivity index (χ1n) is 25.6. The number of carbonyl (C=O) groups is 7. The van der Waals surface area contributed by atoms with E-state index < -0.39 is 129 Å². The maximum Gasteiger partial charge on any atom is 0.308 e. The number of nitrogens with one attached hydrogen (secondary N) is 6. The van der Waals surface area contributed by atoms with Crippen LogP contribution in [0, 0.1) is 0 Å². The quantitative estimate of drug-likeness (QED) is 0.0200. The zero-order chi connectivity index (χ0) is 57.6. The van der Waals surface area contributed by atoms with Gasteiger partial charge in [0.2, 0.25) is 29.5 Å². The lowest BCUT2D eigenvalue weighted by atomic mass is 10.0. The number of aromatic amines is 1. The van der Waals surface area contributed by atoms with Crippen LogP contribution >= 0.6 is 0 Å². The monoisotopic (exact) mass is 1100 g/mol. The van der Waals surface area contributed by atoms with Gasteiger partial charge < -0.3 is 103 Å². The summed E-state index contributed by atoms with van der Waals surface area (Å²) in [5.41, 5.74) is 9.26. The van der Waals surface area contributed by atoms with Crippen LogP contribution in [0.1, 0.15) is 79.5 Å². The van der Waals surface area contributed by atoms with Crippen LogP contribution in [-0.4, -0.2) is 233 Å². The van der Waals surface area contributed by atoms with Gasteiger partial charge in [0, 0.05) is 63.9 Å². The highest BCUT2D eigenvalue weighted by atomic mass is 16.5. The molecule has 0 bridgehead atoms. The summed E-state index contributed by atoms with van der Waals surface area (Å²) in [5, 5.41) is 110. The fourth-order valence-electron chi connectivity index (χ4n) is 8.26. The summed E-state index contributed by atoms with van der Waals surface area (Å²) in [4.78, 5) is 103. The molecule has 6 amide bonds. The summed E-state index contributed by atoms with van der Waals surface area (Å²) in [7, 11) is 2.88. The highest BCUT2D eigenvalue weighted by Crippen LogP contribution is 2.27. The molecule has 1 aliphatic rings. The van der Waals surface area contributed by atoms with E-state index in [2.05, 4.69) is 36.6 Å². The molecule has 0 spiro atoms. The molecule has 28 heteroatoms. The third-order valence-corrected chi connectivity index (χ3v) is 13.1. The molecular weight excluding hydrogens is 1030 g/mol. The van der Waals surface area contributed by atoms with Crippen molar-refractivity contribution in [1.29, 1.82) is 0 Å². The van der Waals surface area contributed by atoms with Crippen LogP contribution in [0.25, 0.3) is 11.0 Å². The number of ether oxygens (including phenoxy) is 1. The molecular formula is C50H76N10O18. The van der Waals surface area contributed by atoms with Gasteiger partial charge in [-0.25, -0.2) is 4.98 Å². The van der Waals surface area contributed by atoms with Gasteiger partial charge in [-0.15, -0.1) is 0 Å². The number of para-hydroxylation sites is 2. The Morgan fingerprint density at radius 1 is 0.782 bits per heavy atom. The number of unbranched alkanes of at least 4 members (excludes halogenated alkanes) is 3. The Kier molecular flexibility index (Phi) is 26.2. The molecule has 78 heavy (non-hydrogen) atoms. The summed E-state index contributed by atoms with van der Waals surface area (Å²) in [6.45, 7) is -2.29. The van der Waals surface area contributed by atoms with E-state index in [1.807, 2.05) is 24.3 Å². The maximum absolute atomic E-state index is 13.9. The Balaban J connectivity index is 1.32. The van der Waals surface area contributed by atoms with E-state index >= 15 is 0 Å². The van der Waals surface area contributed by atoms with E-state index in [-0.39, 0.29) is 63.7 Å². The predicted octanol–water partition coefficient (Wildman–Crippen LogP) is -5.33. The normalized spacial score (nSPS) is 17.3. The van der Waals surface area contributed by atoms with E-state index in [1.165, 1.54) is 12.0 Å². The molecule has 0 unspecified atom stereocenters. The van der Waals surface area contributed by atoms with Crippen LogP contribution in [-0.2, 0) is 46.6 Å². The summed E-state index contributed by atoms with van der Waals surface area (Å²) < 4.78 is 4.86. The van der Waals surface area contributed by atoms with Crippen molar-refractivity contribution in [1.82, 2.24) is 41.0 Å². The number of esters is 1. The number of fused-ring (bicyclic) bond motifs is 2. The van der Waals surface area contributed by atoms with Crippen molar-refractivity contribution >= 4 is 58.1 Å². The van der Waals surface area contributed by atoms with Gasteiger partial charge >= 0.3 is 5.97 Å². The van der Waals surface area contributed by atoms with Crippen molar-refractivity contribution in [2.75, 3.05) is 58.9 Å². The van der Waals surface area contributed by atoms with Gasteiger partial charge in [0.05, 0.1) is 62.6 Å². The SMILES string of the molecule is COC(=O)C[C@@H]1Nc2ccc(C(=O)N(C)Cc3nc4ccccc4[nH]3)cc2CN(CCCCCCNC(=O)[C@H](CCC(=O)NC[C@H](O)[C@@H](O)[C@H](O)[C@H](O)CO)NC(=O)[C@@H](N)CCC(=O)NC[C@@H](O)[C@H](O)[C@@H](O)[C@@H](O)CO)C1=O. The molecule has 0 saturated carbocycles. The van der Waals surface area contributed by atoms with E-state index in [4.69, 9.17) is 20.7 Å². The Morgan fingerprint density at radius 3 is 1.97 bits per heavy atom. The second-order valence-electron chi connectivity index (χ2n) is 19.1. The Hall–Kier alpha value is -6.44. The van der Waals surface area contributed by atoms with Gasteiger partial charge in [-0.05, 0) is 61.6 Å². The Bertz CT molecular complexity index is 2420. The molecule has 18 N–H and O–H groups in total. The van der Waals surface area contributed by atoms with E-state index in [1.54, 1.807) is 30.1 Å². The summed E-state index contributed by atoms with van der Waals surface area (Å²) >= 11 is 0. The summed E-state index contributed by atoms with van der Waals surface area (Å²) in [5.74, 6) is -3.71. The molecule has 2 heterocycles. The van der Waals surface area contributed by atoms with Crippen molar-refractivity contribution in [3.8, 4) is 0 Å². The third-order valence-electron chi connectivity index (χ3n) is 13.1. The number of anilines is 1. The van der Waals surface area contributed by atoms with Gasteiger partial charge in [0.1, 0.15) is 54.5 Å². The summed E-state index contributed by atoms with van der Waals surface area (Å²) in [6.07, 6.45) is -14.4. The lowest BCUT2D eigenvalue weighted by Crippen LogP contribution is -2.52. The van der Waals surface area contributed by atoms with Crippen LogP contribution in [0.5, 0.6) is 0 Å². The number of methoxy groups -OCH3 is 1. The predicted molar refractivity (Wildman–Crippen MR) is 276 cm³/mol. The molecule has 0 aliphatic carbocycles. The number of aliphatic hydroxyl groups is 10. The molecule has 2 aromatic carbocycles. The number of hydrogen-bond acceptors (Lipinski definition) is 21. The number of nitrogens with zero attached hydrogens (tertiary/aromatic N) is 3. The highest BCUT2D eigenvalue weighted by molar-refractivity contribution is 5.96. The first-order valence-corrected chi connectivity index (χ1v) is 25.6. The second kappa shape index (κ2) is 31.8. The lowest BCUT2D eigenvalue weighted by Gasteiger charge is -2.26. The molecule has 3 aromatic rings. The molecule has 0 fully saturated rings. The lowest BCUT2D eigenvalue weighted by molar-refractivity contribution is -0.144. The third kappa shape index (κ3) is 19.5.